The second-order valence-electron chi connectivity index (χ2n) is 7.09. The highest BCUT2D eigenvalue weighted by molar-refractivity contribution is 7.09. The first-order valence-electron chi connectivity index (χ1n) is 9.74. The van der Waals surface area contributed by atoms with Crippen LogP contribution in [0.3, 0.4) is 0 Å². The molecule has 1 atom stereocenters. The summed E-state index contributed by atoms with van der Waals surface area (Å²) in [6, 6.07) is 14.0. The van der Waals surface area contributed by atoms with Gasteiger partial charge in [-0.2, -0.15) is 5.10 Å². The van der Waals surface area contributed by atoms with E-state index in [2.05, 4.69) is 25.4 Å². The Hall–Kier alpha value is -3.00. The molecule has 4 rings (SSSR count). The SMILES string of the molecule is CN(C(=O)NCc1nc(-c2ccccc2)cs1)[C@@H]1CCCN(c2cccnn2)C1. The Kier molecular flexibility index (Phi) is 6.00. The van der Waals surface area contributed by atoms with Gasteiger partial charge in [-0.25, -0.2) is 9.78 Å². The highest BCUT2D eigenvalue weighted by Gasteiger charge is 2.27. The van der Waals surface area contributed by atoms with Crippen LogP contribution in [-0.2, 0) is 6.54 Å². The number of carbonyl (C=O) groups is 1. The fraction of sp³-hybridized carbons (Fsp3) is 0.333. The molecule has 1 aliphatic rings. The Morgan fingerprint density at radius 1 is 1.28 bits per heavy atom. The summed E-state index contributed by atoms with van der Waals surface area (Å²) in [5.41, 5.74) is 2.03. The molecule has 1 aromatic carbocycles. The first kappa shape index (κ1) is 19.3. The summed E-state index contributed by atoms with van der Waals surface area (Å²) in [5.74, 6) is 0.863. The summed E-state index contributed by atoms with van der Waals surface area (Å²) in [6.45, 7) is 2.13. The van der Waals surface area contributed by atoms with Crippen LogP contribution in [0.4, 0.5) is 10.6 Å². The zero-order chi connectivity index (χ0) is 20.1. The number of aromatic nitrogens is 3. The maximum Gasteiger partial charge on any atom is 0.317 e. The number of nitrogens with one attached hydrogen (secondary N) is 1. The van der Waals surface area contributed by atoms with Crippen LogP contribution in [0.2, 0.25) is 0 Å². The van der Waals surface area contributed by atoms with E-state index in [1.165, 1.54) is 0 Å². The molecule has 0 bridgehead atoms. The van der Waals surface area contributed by atoms with Gasteiger partial charge < -0.3 is 15.1 Å². The van der Waals surface area contributed by atoms with Crippen LogP contribution in [0, 0.1) is 0 Å². The van der Waals surface area contributed by atoms with E-state index < -0.39 is 0 Å². The van der Waals surface area contributed by atoms with Crippen molar-refractivity contribution >= 4 is 23.2 Å². The van der Waals surface area contributed by atoms with E-state index in [1.807, 2.05) is 54.9 Å². The molecule has 1 saturated heterocycles. The lowest BCUT2D eigenvalue weighted by atomic mass is 10.0. The van der Waals surface area contributed by atoms with E-state index in [4.69, 9.17) is 0 Å². The average molecular weight is 409 g/mol. The molecule has 1 aliphatic heterocycles. The molecule has 0 spiro atoms. The largest absolute Gasteiger partial charge is 0.353 e. The lowest BCUT2D eigenvalue weighted by Gasteiger charge is -2.37. The van der Waals surface area contributed by atoms with Gasteiger partial charge in [0.15, 0.2) is 5.82 Å². The highest BCUT2D eigenvalue weighted by atomic mass is 32.1. The van der Waals surface area contributed by atoms with Crippen molar-refractivity contribution in [3.63, 3.8) is 0 Å². The molecular formula is C21H24N6OS. The number of urea groups is 1. The van der Waals surface area contributed by atoms with Crippen molar-refractivity contribution in [2.24, 2.45) is 0 Å². The van der Waals surface area contributed by atoms with E-state index in [0.717, 1.165) is 48.0 Å². The molecule has 2 aromatic heterocycles. The van der Waals surface area contributed by atoms with Crippen LogP contribution < -0.4 is 10.2 Å². The molecule has 1 N–H and O–H groups in total. The molecule has 150 valence electrons. The summed E-state index contributed by atoms with van der Waals surface area (Å²) in [5, 5.41) is 14.1. The molecule has 1 fully saturated rings. The van der Waals surface area contributed by atoms with Crippen molar-refractivity contribution in [1.82, 2.24) is 25.4 Å². The number of anilines is 1. The van der Waals surface area contributed by atoms with Crippen molar-refractivity contribution in [3.8, 4) is 11.3 Å². The summed E-state index contributed by atoms with van der Waals surface area (Å²) < 4.78 is 0. The second-order valence-corrected chi connectivity index (χ2v) is 8.03. The quantitative estimate of drug-likeness (QED) is 0.700. The third-order valence-electron chi connectivity index (χ3n) is 5.16. The smallest absolute Gasteiger partial charge is 0.317 e. The number of rotatable bonds is 5. The lowest BCUT2D eigenvalue weighted by Crippen LogP contribution is -2.51. The molecule has 8 heteroatoms. The van der Waals surface area contributed by atoms with Crippen molar-refractivity contribution in [2.45, 2.75) is 25.4 Å². The van der Waals surface area contributed by atoms with Gasteiger partial charge in [-0.05, 0) is 25.0 Å². The molecule has 0 saturated carbocycles. The van der Waals surface area contributed by atoms with Crippen LogP contribution in [0.1, 0.15) is 17.8 Å². The molecule has 3 aromatic rings. The van der Waals surface area contributed by atoms with Crippen LogP contribution in [-0.4, -0.2) is 52.3 Å². The Morgan fingerprint density at radius 2 is 2.14 bits per heavy atom. The number of thiazole rings is 1. The van der Waals surface area contributed by atoms with Crippen LogP contribution in [0.25, 0.3) is 11.3 Å². The monoisotopic (exact) mass is 408 g/mol. The minimum atomic E-state index is -0.0764. The van der Waals surface area contributed by atoms with Crippen LogP contribution in [0.15, 0.2) is 54.0 Å². The van der Waals surface area contributed by atoms with Gasteiger partial charge in [0.05, 0.1) is 18.3 Å². The summed E-state index contributed by atoms with van der Waals surface area (Å²) in [7, 11) is 1.86. The predicted molar refractivity (Wildman–Crippen MR) is 115 cm³/mol. The minimum Gasteiger partial charge on any atom is -0.353 e. The van der Waals surface area contributed by atoms with E-state index in [-0.39, 0.29) is 12.1 Å². The Bertz CT molecular complexity index is 933. The maximum absolute atomic E-state index is 12.7. The topological polar surface area (TPSA) is 74.2 Å². The van der Waals surface area contributed by atoms with E-state index in [1.54, 1.807) is 22.4 Å². The predicted octanol–water partition coefficient (Wildman–Crippen LogP) is 3.41. The zero-order valence-corrected chi connectivity index (χ0v) is 17.2. The Morgan fingerprint density at radius 3 is 2.93 bits per heavy atom. The first-order valence-corrected chi connectivity index (χ1v) is 10.6. The van der Waals surface area contributed by atoms with Gasteiger partial charge in [-0.15, -0.1) is 16.4 Å². The van der Waals surface area contributed by atoms with Gasteiger partial charge in [0, 0.05) is 37.3 Å². The summed E-state index contributed by atoms with van der Waals surface area (Å²) >= 11 is 1.56. The van der Waals surface area contributed by atoms with Gasteiger partial charge in [-0.3, -0.25) is 0 Å². The first-order chi connectivity index (χ1) is 14.2. The number of hydrogen-bond acceptors (Lipinski definition) is 6. The maximum atomic E-state index is 12.7. The van der Waals surface area contributed by atoms with Gasteiger partial charge in [0.25, 0.3) is 0 Å². The highest BCUT2D eigenvalue weighted by Crippen LogP contribution is 2.22. The molecule has 3 heterocycles. The molecule has 7 nitrogen and oxygen atoms in total. The normalized spacial score (nSPS) is 16.4. The molecule has 0 radical (unpaired) electrons. The summed E-state index contributed by atoms with van der Waals surface area (Å²) in [6.07, 6.45) is 3.67. The molecule has 0 unspecified atom stereocenters. The fourth-order valence-electron chi connectivity index (χ4n) is 3.52. The van der Waals surface area contributed by atoms with Crippen LogP contribution in [0.5, 0.6) is 0 Å². The van der Waals surface area contributed by atoms with Gasteiger partial charge >= 0.3 is 6.03 Å². The van der Waals surface area contributed by atoms with Crippen molar-refractivity contribution < 1.29 is 4.79 Å². The fourth-order valence-corrected chi connectivity index (χ4v) is 4.26. The molecule has 29 heavy (non-hydrogen) atoms. The van der Waals surface area contributed by atoms with E-state index >= 15 is 0 Å². The van der Waals surface area contributed by atoms with Crippen molar-refractivity contribution in [3.05, 3.63) is 59.0 Å². The molecule has 0 aliphatic carbocycles. The number of likely N-dealkylation sites (N-methyl/N-ethyl adjacent to an activating group) is 1. The standard InChI is InChI=1S/C21H24N6OS/c1-26(17-9-6-12-27(14-17)19-10-5-11-23-25-19)21(28)22-13-20-24-18(15-29-20)16-7-3-2-4-8-16/h2-5,7-8,10-11,15,17H,6,9,12-14H2,1H3,(H,22,28)/t17-/m1/s1. The number of carbonyl (C=O) groups excluding carboxylic acids is 1. The summed E-state index contributed by atoms with van der Waals surface area (Å²) in [4.78, 5) is 21.3. The van der Waals surface area contributed by atoms with E-state index in [9.17, 15) is 4.79 Å². The van der Waals surface area contributed by atoms with Crippen molar-refractivity contribution in [1.29, 1.82) is 0 Å². The average Bonchev–Trinajstić information content (AvgIpc) is 3.27. The number of piperidine rings is 1. The van der Waals surface area contributed by atoms with E-state index in [0.29, 0.717) is 6.54 Å². The number of nitrogens with zero attached hydrogens (tertiary/aromatic N) is 5. The molecular weight excluding hydrogens is 384 g/mol. The third-order valence-corrected chi connectivity index (χ3v) is 6.01. The zero-order valence-electron chi connectivity index (χ0n) is 16.4. The number of hydrogen-bond donors (Lipinski definition) is 1. The third kappa shape index (κ3) is 4.71. The number of benzene rings is 1. The van der Waals surface area contributed by atoms with Gasteiger partial charge in [-0.1, -0.05) is 30.3 Å². The number of amides is 2. The van der Waals surface area contributed by atoms with Gasteiger partial charge in [0.2, 0.25) is 0 Å². The minimum absolute atomic E-state index is 0.0764. The molecule has 2 amide bonds. The lowest BCUT2D eigenvalue weighted by molar-refractivity contribution is 0.182. The van der Waals surface area contributed by atoms with Gasteiger partial charge in [0.1, 0.15) is 5.01 Å². The van der Waals surface area contributed by atoms with Crippen molar-refractivity contribution in [2.75, 3.05) is 25.0 Å². The Labute approximate surface area is 174 Å². The van der Waals surface area contributed by atoms with Crippen LogP contribution >= 0.6 is 11.3 Å². The Balaban J connectivity index is 1.32. The second kappa shape index (κ2) is 9.00.